The van der Waals surface area contributed by atoms with Crippen LogP contribution >= 0.6 is 0 Å². The predicted octanol–water partition coefficient (Wildman–Crippen LogP) is -0.163. The van der Waals surface area contributed by atoms with Gasteiger partial charge in [-0.1, -0.05) is 41.1 Å². The number of rotatable bonds is 1. The molecule has 0 heterocycles. The van der Waals surface area contributed by atoms with Crippen molar-refractivity contribution < 1.29 is 0 Å². The average Bonchev–Trinajstić information content (AvgIpc) is 1.95. The van der Waals surface area contributed by atoms with Crippen molar-refractivity contribution in [2.24, 2.45) is 0 Å². The van der Waals surface area contributed by atoms with E-state index in [9.17, 15) is 0 Å². The molecule has 48 valence electrons. The highest BCUT2D eigenvalue weighted by Crippen LogP contribution is 1.91. The summed E-state index contributed by atoms with van der Waals surface area (Å²) in [5.41, 5.74) is 1.34. The fraction of sp³-hybridized carbons (Fsp3) is 0.250. The Kier molecular flexibility index (Phi) is 2.46. The summed E-state index contributed by atoms with van der Waals surface area (Å²) < 4.78 is 0. The number of hydrogen-bond acceptors (Lipinski definition) is 0. The summed E-state index contributed by atoms with van der Waals surface area (Å²) in [4.78, 5) is 0. The van der Waals surface area contributed by atoms with E-state index in [-0.39, 0.29) is 0 Å². The van der Waals surface area contributed by atoms with Gasteiger partial charge in [0.15, 0.2) is 0 Å². The molecule has 0 atom stereocenters. The third-order valence-electron chi connectivity index (χ3n) is 1.53. The largest absolute Gasteiger partial charge is 0.0713 e. The standard InChI is InChI=1S/C8H8Si2/c1-2-6-4-3-5-7(9)8(6)10/h3-5H,2H2,1H3. The van der Waals surface area contributed by atoms with E-state index in [1.54, 1.807) is 0 Å². The molecule has 1 aromatic rings. The van der Waals surface area contributed by atoms with E-state index in [4.69, 9.17) is 0 Å². The maximum atomic E-state index is 3.54. The maximum absolute atomic E-state index is 3.54. The van der Waals surface area contributed by atoms with Crippen molar-refractivity contribution in [2.45, 2.75) is 13.3 Å². The number of hydrogen-bond donors (Lipinski definition) is 0. The predicted molar refractivity (Wildman–Crippen MR) is 46.6 cm³/mol. The van der Waals surface area contributed by atoms with Crippen molar-refractivity contribution in [3.63, 3.8) is 0 Å². The lowest BCUT2D eigenvalue weighted by Gasteiger charge is -2.04. The van der Waals surface area contributed by atoms with Crippen LogP contribution in [0.15, 0.2) is 18.2 Å². The highest BCUT2D eigenvalue weighted by atomic mass is 28.2. The van der Waals surface area contributed by atoms with Crippen LogP contribution in [0.5, 0.6) is 0 Å². The molecule has 6 radical (unpaired) electrons. The van der Waals surface area contributed by atoms with Crippen molar-refractivity contribution >= 4 is 30.9 Å². The van der Waals surface area contributed by atoms with Gasteiger partial charge in [-0.15, -0.1) is 0 Å². The van der Waals surface area contributed by atoms with E-state index >= 15 is 0 Å². The van der Waals surface area contributed by atoms with Gasteiger partial charge in [-0.3, -0.25) is 0 Å². The van der Waals surface area contributed by atoms with Gasteiger partial charge in [0, 0.05) is 0 Å². The second kappa shape index (κ2) is 3.17. The summed E-state index contributed by atoms with van der Waals surface area (Å²) >= 11 is 0. The molecule has 0 aliphatic rings. The zero-order valence-corrected chi connectivity index (χ0v) is 7.94. The molecule has 1 aromatic carbocycles. The van der Waals surface area contributed by atoms with Crippen LogP contribution in [0.4, 0.5) is 0 Å². The molecule has 1 rings (SSSR count). The Morgan fingerprint density at radius 3 is 2.50 bits per heavy atom. The first kappa shape index (κ1) is 7.76. The van der Waals surface area contributed by atoms with Crippen LogP contribution in [0.25, 0.3) is 0 Å². The topological polar surface area (TPSA) is 0 Å². The Hall–Kier alpha value is -0.346. The van der Waals surface area contributed by atoms with Crippen LogP contribution in [0, 0.1) is 0 Å². The lowest BCUT2D eigenvalue weighted by Crippen LogP contribution is -2.28. The van der Waals surface area contributed by atoms with E-state index in [1.807, 2.05) is 12.1 Å². The molecule has 0 saturated heterocycles. The Balaban J connectivity index is 3.14. The van der Waals surface area contributed by atoms with E-state index in [0.717, 1.165) is 11.6 Å². The molecule has 0 nitrogen and oxygen atoms in total. The summed E-state index contributed by atoms with van der Waals surface area (Å²) in [6, 6.07) is 6.19. The molecule has 2 heteroatoms. The number of aryl methyl sites for hydroxylation is 1. The Bertz CT molecular complexity index is 231. The van der Waals surface area contributed by atoms with Crippen molar-refractivity contribution in [2.75, 3.05) is 0 Å². The van der Waals surface area contributed by atoms with Crippen LogP contribution in [-0.2, 0) is 6.42 Å². The van der Waals surface area contributed by atoms with Gasteiger partial charge in [0.1, 0.15) is 0 Å². The van der Waals surface area contributed by atoms with Gasteiger partial charge in [0.05, 0.1) is 20.5 Å². The van der Waals surface area contributed by atoms with Crippen molar-refractivity contribution in [3.8, 4) is 0 Å². The van der Waals surface area contributed by atoms with E-state index < -0.39 is 0 Å². The molecule has 0 aliphatic carbocycles. The quantitative estimate of drug-likeness (QED) is 0.501. The van der Waals surface area contributed by atoms with Gasteiger partial charge in [-0.2, -0.15) is 0 Å². The Morgan fingerprint density at radius 2 is 2.00 bits per heavy atom. The van der Waals surface area contributed by atoms with Crippen molar-refractivity contribution in [3.05, 3.63) is 23.8 Å². The lowest BCUT2D eigenvalue weighted by molar-refractivity contribution is 1.16. The highest BCUT2D eigenvalue weighted by Gasteiger charge is 1.95. The van der Waals surface area contributed by atoms with Gasteiger partial charge < -0.3 is 0 Å². The molecule has 0 bridgehead atoms. The average molecular weight is 160 g/mol. The highest BCUT2D eigenvalue weighted by molar-refractivity contribution is 6.49. The zero-order valence-electron chi connectivity index (χ0n) is 5.94. The SMILES string of the molecule is CCc1cccc([Si])c1[Si]. The molecule has 0 unspecified atom stereocenters. The molecule has 0 aromatic heterocycles. The second-order valence-electron chi connectivity index (χ2n) is 2.19. The van der Waals surface area contributed by atoms with Crippen LogP contribution in [0.3, 0.4) is 0 Å². The normalized spacial score (nSPS) is 9.90. The molecule has 10 heavy (non-hydrogen) atoms. The van der Waals surface area contributed by atoms with Crippen LogP contribution in [0.2, 0.25) is 0 Å². The maximum Gasteiger partial charge on any atom is 0.0713 e. The molecular weight excluding hydrogens is 152 g/mol. The van der Waals surface area contributed by atoms with Crippen LogP contribution < -0.4 is 10.4 Å². The minimum absolute atomic E-state index is 1.07. The van der Waals surface area contributed by atoms with Gasteiger partial charge in [-0.25, -0.2) is 0 Å². The smallest absolute Gasteiger partial charge is 0.0686 e. The van der Waals surface area contributed by atoms with E-state index in [2.05, 4.69) is 33.5 Å². The minimum Gasteiger partial charge on any atom is -0.0686 e. The molecule has 0 saturated carbocycles. The summed E-state index contributed by atoms with van der Waals surface area (Å²) in [6.07, 6.45) is 1.07. The van der Waals surface area contributed by atoms with Gasteiger partial charge in [0.2, 0.25) is 0 Å². The Morgan fingerprint density at radius 1 is 1.30 bits per heavy atom. The van der Waals surface area contributed by atoms with E-state index in [0.29, 0.717) is 0 Å². The van der Waals surface area contributed by atoms with E-state index in [1.165, 1.54) is 10.8 Å². The summed E-state index contributed by atoms with van der Waals surface area (Å²) in [5, 5.41) is 2.29. The molecule has 0 spiro atoms. The molecule has 0 aliphatic heterocycles. The minimum atomic E-state index is 1.07. The van der Waals surface area contributed by atoms with Crippen LogP contribution in [-0.4, -0.2) is 20.5 Å². The van der Waals surface area contributed by atoms with Gasteiger partial charge >= 0.3 is 0 Å². The lowest BCUT2D eigenvalue weighted by atomic mass is 10.2. The van der Waals surface area contributed by atoms with Gasteiger partial charge in [-0.05, 0) is 6.42 Å². The zero-order chi connectivity index (χ0) is 7.56. The fourth-order valence-electron chi connectivity index (χ4n) is 0.895. The monoisotopic (exact) mass is 160 g/mol. The first-order chi connectivity index (χ1) is 4.75. The van der Waals surface area contributed by atoms with Crippen LogP contribution in [0.1, 0.15) is 12.5 Å². The molecular formula is C8H8Si2. The third kappa shape index (κ3) is 1.38. The summed E-state index contributed by atoms with van der Waals surface area (Å²) in [6.45, 7) is 2.14. The van der Waals surface area contributed by atoms with Crippen molar-refractivity contribution in [1.29, 1.82) is 0 Å². The third-order valence-corrected chi connectivity index (χ3v) is 2.79. The fourth-order valence-corrected chi connectivity index (χ4v) is 1.49. The molecule has 0 fully saturated rings. The van der Waals surface area contributed by atoms with Crippen molar-refractivity contribution in [1.82, 2.24) is 0 Å². The summed E-state index contributed by atoms with van der Waals surface area (Å²) in [5.74, 6) is 0. The second-order valence-corrected chi connectivity index (χ2v) is 3.23. The first-order valence-corrected chi connectivity index (χ1v) is 4.30. The molecule has 0 amide bonds. The first-order valence-electron chi connectivity index (χ1n) is 3.30. The number of benzene rings is 1. The van der Waals surface area contributed by atoms with Gasteiger partial charge in [0.25, 0.3) is 0 Å². The molecule has 0 N–H and O–H groups in total. The Labute approximate surface area is 68.5 Å². The summed E-state index contributed by atoms with van der Waals surface area (Å²) in [7, 11) is 7.03.